The fourth-order valence-corrected chi connectivity index (χ4v) is 5.86. The highest BCUT2D eigenvalue weighted by Crippen LogP contribution is 2.42. The van der Waals surface area contributed by atoms with E-state index >= 15 is 0 Å². The van der Waals surface area contributed by atoms with Crippen molar-refractivity contribution in [2.75, 3.05) is 22.9 Å². The van der Waals surface area contributed by atoms with Gasteiger partial charge in [0, 0.05) is 37.9 Å². The monoisotopic (exact) mass is 473 g/mol. The summed E-state index contributed by atoms with van der Waals surface area (Å²) in [5.41, 5.74) is 5.32. The average Bonchev–Trinajstić information content (AvgIpc) is 3.63. The molecule has 1 saturated carbocycles. The number of amides is 2. The number of piperidine rings is 1. The minimum absolute atomic E-state index is 0.0299. The van der Waals surface area contributed by atoms with Crippen molar-refractivity contribution >= 4 is 17.5 Å². The lowest BCUT2D eigenvalue weighted by Gasteiger charge is -2.43. The van der Waals surface area contributed by atoms with Crippen LogP contribution in [0.3, 0.4) is 0 Å². The van der Waals surface area contributed by atoms with Crippen LogP contribution in [0.4, 0.5) is 20.7 Å². The number of carbonyl (C=O) groups excluding carboxylic acids is 1. The molecule has 3 heterocycles. The number of carbonyl (C=O) groups is 1. The third-order valence-corrected chi connectivity index (χ3v) is 7.77. The van der Waals surface area contributed by atoms with E-state index in [-0.39, 0.29) is 17.9 Å². The Morgan fingerprint density at radius 3 is 2.54 bits per heavy atom. The van der Waals surface area contributed by atoms with Gasteiger partial charge < -0.3 is 9.80 Å². The molecule has 35 heavy (non-hydrogen) atoms. The van der Waals surface area contributed by atoms with E-state index in [0.717, 1.165) is 42.9 Å². The normalized spacial score (nSPS) is 18.8. The summed E-state index contributed by atoms with van der Waals surface area (Å²) < 4.78 is 16.4. The molecule has 1 aromatic heterocycles. The van der Waals surface area contributed by atoms with E-state index in [0.29, 0.717) is 24.7 Å². The number of hydrogen-bond donors (Lipinski definition) is 0. The van der Waals surface area contributed by atoms with Crippen molar-refractivity contribution < 1.29 is 9.18 Å². The van der Waals surface area contributed by atoms with Crippen molar-refractivity contribution in [3.8, 4) is 0 Å². The number of rotatable bonds is 5. The summed E-state index contributed by atoms with van der Waals surface area (Å²) in [5.74, 6) is 1.23. The number of anilines is 2. The van der Waals surface area contributed by atoms with E-state index in [1.807, 2.05) is 40.7 Å². The van der Waals surface area contributed by atoms with Gasteiger partial charge in [-0.05, 0) is 61.3 Å². The van der Waals surface area contributed by atoms with E-state index in [2.05, 4.69) is 34.3 Å². The van der Waals surface area contributed by atoms with Gasteiger partial charge in [-0.1, -0.05) is 36.4 Å². The van der Waals surface area contributed by atoms with Gasteiger partial charge in [0.15, 0.2) is 5.82 Å². The molecule has 2 fully saturated rings. The second-order valence-electron chi connectivity index (χ2n) is 10.2. The Bertz CT molecular complexity index is 1240. The lowest BCUT2D eigenvalue weighted by atomic mass is 9.99. The molecule has 1 aliphatic carbocycles. The van der Waals surface area contributed by atoms with Crippen LogP contribution >= 0.6 is 0 Å². The molecular weight excluding hydrogens is 441 g/mol. The zero-order chi connectivity index (χ0) is 24.1. The number of para-hydroxylation sites is 1. The summed E-state index contributed by atoms with van der Waals surface area (Å²) in [6.45, 7) is 4.55. The third kappa shape index (κ3) is 4.07. The first kappa shape index (κ1) is 22.1. The quantitative estimate of drug-likeness (QED) is 0.501. The molecule has 2 amide bonds. The summed E-state index contributed by atoms with van der Waals surface area (Å²) in [7, 11) is 1.92. The highest BCUT2D eigenvalue weighted by atomic mass is 19.1. The number of aromatic nitrogens is 2. The van der Waals surface area contributed by atoms with Crippen LogP contribution in [-0.2, 0) is 20.1 Å². The van der Waals surface area contributed by atoms with Crippen LogP contribution in [0.2, 0.25) is 0 Å². The number of urea groups is 1. The van der Waals surface area contributed by atoms with Crippen LogP contribution in [0.5, 0.6) is 0 Å². The number of nitrogens with zero attached hydrogens (tertiary/aromatic N) is 5. The van der Waals surface area contributed by atoms with Gasteiger partial charge in [0.2, 0.25) is 0 Å². The Hall–Kier alpha value is -3.35. The predicted molar refractivity (Wildman–Crippen MR) is 135 cm³/mol. The highest BCUT2D eigenvalue weighted by Gasteiger charge is 2.38. The van der Waals surface area contributed by atoms with Gasteiger partial charge >= 0.3 is 6.03 Å². The number of benzene rings is 2. The third-order valence-electron chi connectivity index (χ3n) is 7.77. The van der Waals surface area contributed by atoms with E-state index < -0.39 is 0 Å². The van der Waals surface area contributed by atoms with Crippen molar-refractivity contribution in [2.45, 2.75) is 57.7 Å². The molecule has 6 rings (SSSR count). The average molecular weight is 474 g/mol. The van der Waals surface area contributed by atoms with Crippen LogP contribution in [0, 0.1) is 12.7 Å². The van der Waals surface area contributed by atoms with E-state index in [1.54, 1.807) is 6.07 Å². The smallest absolute Gasteiger partial charge is 0.326 e. The van der Waals surface area contributed by atoms with Crippen LogP contribution in [0.25, 0.3) is 0 Å². The molecule has 0 N–H and O–H groups in total. The molecule has 6 nitrogen and oxygen atoms in total. The van der Waals surface area contributed by atoms with Gasteiger partial charge in [0.25, 0.3) is 0 Å². The van der Waals surface area contributed by atoms with Crippen molar-refractivity contribution in [2.24, 2.45) is 7.05 Å². The zero-order valence-corrected chi connectivity index (χ0v) is 20.5. The number of aryl methyl sites for hydroxylation is 2. The van der Waals surface area contributed by atoms with Crippen molar-refractivity contribution in [3.63, 3.8) is 0 Å². The van der Waals surface area contributed by atoms with Gasteiger partial charge in [0.1, 0.15) is 5.82 Å². The van der Waals surface area contributed by atoms with Crippen molar-refractivity contribution in [1.29, 1.82) is 0 Å². The second kappa shape index (κ2) is 8.70. The van der Waals surface area contributed by atoms with Crippen LogP contribution < -0.4 is 9.80 Å². The van der Waals surface area contributed by atoms with Crippen molar-refractivity contribution in [3.05, 3.63) is 76.7 Å². The van der Waals surface area contributed by atoms with Gasteiger partial charge in [-0.2, -0.15) is 5.10 Å². The van der Waals surface area contributed by atoms with Gasteiger partial charge in [-0.3, -0.25) is 9.58 Å². The Labute approximate surface area is 205 Å². The Balaban J connectivity index is 1.24. The lowest BCUT2D eigenvalue weighted by Crippen LogP contribution is -2.54. The molecule has 0 radical (unpaired) electrons. The molecule has 0 unspecified atom stereocenters. The molecule has 3 aliphatic rings. The largest absolute Gasteiger partial charge is 0.369 e. The van der Waals surface area contributed by atoms with Gasteiger partial charge in [0.05, 0.1) is 18.8 Å². The molecule has 182 valence electrons. The lowest BCUT2D eigenvalue weighted by molar-refractivity contribution is 0.159. The van der Waals surface area contributed by atoms with E-state index in [4.69, 9.17) is 0 Å². The van der Waals surface area contributed by atoms with Gasteiger partial charge in [-0.25, -0.2) is 9.18 Å². The molecule has 2 aliphatic heterocycles. The van der Waals surface area contributed by atoms with Crippen LogP contribution in [0.1, 0.15) is 53.9 Å². The highest BCUT2D eigenvalue weighted by molar-refractivity contribution is 5.94. The first-order valence-corrected chi connectivity index (χ1v) is 12.7. The molecule has 0 bridgehead atoms. The fourth-order valence-electron chi connectivity index (χ4n) is 5.86. The minimum atomic E-state index is -0.169. The Morgan fingerprint density at radius 1 is 1.03 bits per heavy atom. The summed E-state index contributed by atoms with van der Waals surface area (Å²) in [6.07, 6.45) is 6.13. The number of halogens is 1. The van der Waals surface area contributed by atoms with E-state index in [1.165, 1.54) is 30.0 Å². The summed E-state index contributed by atoms with van der Waals surface area (Å²) in [4.78, 5) is 19.9. The standard InChI is InChI=1S/C28H32FN5O/c1-19-6-5-9-25(29)26(19)32-14-12-23(13-15-32)33-18-22-16-31(2)30-27(22)34(28(33)35)17-21-7-3-4-8-24(21)20-10-11-20/h3-9,16,20,23H,10-15,17-18H2,1-2H3. The zero-order valence-electron chi connectivity index (χ0n) is 20.5. The Kier molecular flexibility index (Phi) is 5.50. The maximum atomic E-state index is 14.5. The summed E-state index contributed by atoms with van der Waals surface area (Å²) >= 11 is 0. The summed E-state index contributed by atoms with van der Waals surface area (Å²) in [5, 5.41) is 4.67. The first-order valence-electron chi connectivity index (χ1n) is 12.7. The number of hydrogen-bond acceptors (Lipinski definition) is 3. The SMILES string of the molecule is Cc1cccc(F)c1N1CCC(N2Cc3cn(C)nc3N(Cc3ccccc3C3CC3)C2=O)CC1. The Morgan fingerprint density at radius 2 is 1.80 bits per heavy atom. The maximum Gasteiger partial charge on any atom is 0.326 e. The molecule has 3 aromatic rings. The summed E-state index contributed by atoms with van der Waals surface area (Å²) in [6, 6.07) is 13.9. The minimum Gasteiger partial charge on any atom is -0.369 e. The van der Waals surface area contributed by atoms with Crippen LogP contribution in [-0.4, -0.2) is 39.8 Å². The molecule has 7 heteroatoms. The maximum absolute atomic E-state index is 14.5. The molecule has 2 aromatic carbocycles. The van der Waals surface area contributed by atoms with Crippen molar-refractivity contribution in [1.82, 2.24) is 14.7 Å². The molecular formula is C28H32FN5O. The topological polar surface area (TPSA) is 44.6 Å². The van der Waals surface area contributed by atoms with Gasteiger partial charge in [-0.15, -0.1) is 0 Å². The second-order valence-corrected chi connectivity index (χ2v) is 10.2. The first-order chi connectivity index (χ1) is 17.0. The molecule has 1 saturated heterocycles. The predicted octanol–water partition coefficient (Wildman–Crippen LogP) is 5.36. The molecule has 0 spiro atoms. The number of fused-ring (bicyclic) bond motifs is 1. The molecule has 0 atom stereocenters. The van der Waals surface area contributed by atoms with Crippen LogP contribution in [0.15, 0.2) is 48.7 Å². The fraction of sp³-hybridized carbons (Fsp3) is 0.429. The van der Waals surface area contributed by atoms with E-state index in [9.17, 15) is 9.18 Å².